The van der Waals surface area contributed by atoms with E-state index >= 15 is 0 Å². The molecule has 0 unspecified atom stereocenters. The second kappa shape index (κ2) is 8.82. The summed E-state index contributed by atoms with van der Waals surface area (Å²) in [5.74, 6) is -0.560. The Labute approximate surface area is 162 Å². The molecule has 0 spiro atoms. The van der Waals surface area contributed by atoms with E-state index in [0.29, 0.717) is 30.2 Å². The quantitative estimate of drug-likeness (QED) is 0.751. The van der Waals surface area contributed by atoms with E-state index in [1.54, 1.807) is 46.2 Å². The molecule has 140 valence electrons. The molecule has 2 aromatic rings. The molecule has 0 saturated carbocycles. The summed E-state index contributed by atoms with van der Waals surface area (Å²) >= 11 is 5.94. The van der Waals surface area contributed by atoms with Gasteiger partial charge in [0.2, 0.25) is 11.8 Å². The molecule has 2 aromatic carbocycles. The summed E-state index contributed by atoms with van der Waals surface area (Å²) in [7, 11) is 0. The van der Waals surface area contributed by atoms with Crippen LogP contribution in [0.1, 0.15) is 17.5 Å². The zero-order chi connectivity index (χ0) is 19.2. The van der Waals surface area contributed by atoms with E-state index in [9.17, 15) is 14.0 Å². The van der Waals surface area contributed by atoms with Gasteiger partial charge in [-0.25, -0.2) is 4.39 Å². The van der Waals surface area contributed by atoms with Crippen LogP contribution >= 0.6 is 11.6 Å². The molecule has 0 radical (unpaired) electrons. The van der Waals surface area contributed by atoms with Crippen LogP contribution in [-0.4, -0.2) is 41.2 Å². The van der Waals surface area contributed by atoms with Crippen LogP contribution in [0.25, 0.3) is 6.08 Å². The van der Waals surface area contributed by atoms with E-state index in [0.717, 1.165) is 5.56 Å². The second-order valence-electron chi connectivity index (χ2n) is 6.37. The fourth-order valence-corrected chi connectivity index (χ4v) is 3.17. The Morgan fingerprint density at radius 1 is 1.11 bits per heavy atom. The minimum Gasteiger partial charge on any atom is -0.337 e. The highest BCUT2D eigenvalue weighted by Gasteiger charge is 2.23. The maximum absolute atomic E-state index is 13.8. The van der Waals surface area contributed by atoms with E-state index in [4.69, 9.17) is 11.6 Å². The van der Waals surface area contributed by atoms with Crippen LogP contribution in [0.4, 0.5) is 4.39 Å². The van der Waals surface area contributed by atoms with Gasteiger partial charge in [0, 0.05) is 49.3 Å². The van der Waals surface area contributed by atoms with Crippen molar-refractivity contribution in [2.45, 2.75) is 13.0 Å². The lowest BCUT2D eigenvalue weighted by Crippen LogP contribution is -2.35. The van der Waals surface area contributed by atoms with Crippen LogP contribution in [0, 0.1) is 5.82 Å². The molecule has 27 heavy (non-hydrogen) atoms. The van der Waals surface area contributed by atoms with Crippen molar-refractivity contribution in [1.29, 1.82) is 0 Å². The number of amides is 2. The van der Waals surface area contributed by atoms with Gasteiger partial charge in [0.1, 0.15) is 5.82 Å². The van der Waals surface area contributed by atoms with Gasteiger partial charge >= 0.3 is 0 Å². The number of nitrogens with zero attached hydrogens (tertiary/aromatic N) is 2. The van der Waals surface area contributed by atoms with Crippen molar-refractivity contribution in [3.63, 3.8) is 0 Å². The molecule has 0 bridgehead atoms. The summed E-state index contributed by atoms with van der Waals surface area (Å²) < 4.78 is 13.8. The molecule has 3 rings (SSSR count). The summed E-state index contributed by atoms with van der Waals surface area (Å²) in [5.41, 5.74) is 1.31. The maximum Gasteiger partial charge on any atom is 0.246 e. The van der Waals surface area contributed by atoms with Crippen LogP contribution in [0.5, 0.6) is 0 Å². The number of carbonyl (C=O) groups is 2. The average molecular weight is 387 g/mol. The molecule has 0 atom stereocenters. The average Bonchev–Trinajstić information content (AvgIpc) is 2.84. The molecule has 2 amide bonds. The van der Waals surface area contributed by atoms with Crippen molar-refractivity contribution in [2.75, 3.05) is 19.6 Å². The molecule has 1 aliphatic heterocycles. The van der Waals surface area contributed by atoms with Crippen LogP contribution in [0.3, 0.4) is 0 Å². The van der Waals surface area contributed by atoms with Gasteiger partial charge in [0.25, 0.3) is 0 Å². The largest absolute Gasteiger partial charge is 0.337 e. The maximum atomic E-state index is 13.8. The predicted octanol–water partition coefficient (Wildman–Crippen LogP) is 3.75. The predicted molar refractivity (Wildman–Crippen MR) is 104 cm³/mol. The van der Waals surface area contributed by atoms with Crippen molar-refractivity contribution in [3.05, 3.63) is 76.6 Å². The zero-order valence-electron chi connectivity index (χ0n) is 14.8. The Bertz CT molecular complexity index is 869. The van der Waals surface area contributed by atoms with Gasteiger partial charge in [-0.15, -0.1) is 0 Å². The third kappa shape index (κ3) is 5.17. The Hall–Kier alpha value is -2.66. The lowest BCUT2D eigenvalue weighted by molar-refractivity contribution is -0.130. The molecule has 1 heterocycles. The van der Waals surface area contributed by atoms with Gasteiger partial charge in [-0.05, 0) is 29.8 Å². The lowest BCUT2D eigenvalue weighted by Gasteiger charge is -2.22. The van der Waals surface area contributed by atoms with E-state index in [1.165, 1.54) is 12.1 Å². The molecule has 0 aromatic heterocycles. The van der Waals surface area contributed by atoms with Crippen LogP contribution < -0.4 is 0 Å². The van der Waals surface area contributed by atoms with E-state index in [2.05, 4.69) is 0 Å². The molecule has 1 saturated heterocycles. The molecule has 0 aliphatic carbocycles. The van der Waals surface area contributed by atoms with Gasteiger partial charge in [-0.3, -0.25) is 9.59 Å². The number of rotatable bonds is 4. The lowest BCUT2D eigenvalue weighted by atomic mass is 10.2. The highest BCUT2D eigenvalue weighted by Crippen LogP contribution is 2.15. The Kier molecular flexibility index (Phi) is 6.24. The SMILES string of the molecule is O=C(/C=C/c1cccc(Cl)c1)N1CCC(=O)N(Cc2ccccc2F)CC1. The monoisotopic (exact) mass is 386 g/mol. The topological polar surface area (TPSA) is 40.6 Å². The third-order valence-corrected chi connectivity index (χ3v) is 4.72. The van der Waals surface area contributed by atoms with E-state index < -0.39 is 0 Å². The number of carbonyl (C=O) groups excluding carboxylic acids is 2. The second-order valence-corrected chi connectivity index (χ2v) is 6.81. The molecule has 4 nitrogen and oxygen atoms in total. The Balaban J connectivity index is 1.62. The summed E-state index contributed by atoms with van der Waals surface area (Å²) in [6.07, 6.45) is 3.42. The molecule has 0 N–H and O–H groups in total. The van der Waals surface area contributed by atoms with Gasteiger partial charge < -0.3 is 9.80 Å². The van der Waals surface area contributed by atoms with Crippen LogP contribution in [0.2, 0.25) is 5.02 Å². The molecule has 1 fully saturated rings. The minimum absolute atomic E-state index is 0.0765. The first kappa shape index (κ1) is 19.1. The summed E-state index contributed by atoms with van der Waals surface area (Å²) in [5, 5.41) is 0.605. The normalized spacial score (nSPS) is 15.3. The van der Waals surface area contributed by atoms with Gasteiger partial charge in [-0.2, -0.15) is 0 Å². The van der Waals surface area contributed by atoms with Crippen LogP contribution in [-0.2, 0) is 16.1 Å². The van der Waals surface area contributed by atoms with Crippen molar-refractivity contribution in [3.8, 4) is 0 Å². The summed E-state index contributed by atoms with van der Waals surface area (Å²) in [6, 6.07) is 13.6. The third-order valence-electron chi connectivity index (χ3n) is 4.49. The fraction of sp³-hybridized carbons (Fsp3) is 0.238. The minimum atomic E-state index is -0.327. The first-order valence-corrected chi connectivity index (χ1v) is 9.14. The van der Waals surface area contributed by atoms with Gasteiger partial charge in [0.05, 0.1) is 0 Å². The highest BCUT2D eigenvalue weighted by atomic mass is 35.5. The van der Waals surface area contributed by atoms with E-state index in [-0.39, 0.29) is 30.6 Å². The molecule has 6 heteroatoms. The number of benzene rings is 2. The fourth-order valence-electron chi connectivity index (χ4n) is 2.97. The first-order chi connectivity index (χ1) is 13.0. The summed E-state index contributed by atoms with van der Waals surface area (Å²) in [6.45, 7) is 1.36. The van der Waals surface area contributed by atoms with Crippen LogP contribution in [0.15, 0.2) is 54.6 Å². The summed E-state index contributed by atoms with van der Waals surface area (Å²) in [4.78, 5) is 28.0. The smallest absolute Gasteiger partial charge is 0.246 e. The molecular weight excluding hydrogens is 367 g/mol. The van der Waals surface area contributed by atoms with Crippen molar-refractivity contribution in [1.82, 2.24) is 9.80 Å². The first-order valence-electron chi connectivity index (χ1n) is 8.76. The Morgan fingerprint density at radius 3 is 2.70 bits per heavy atom. The zero-order valence-corrected chi connectivity index (χ0v) is 15.5. The van der Waals surface area contributed by atoms with Crippen molar-refractivity contribution in [2.24, 2.45) is 0 Å². The standard InChI is InChI=1S/C21H20ClFN2O2/c22-18-6-3-4-16(14-18)8-9-20(26)24-11-10-21(27)25(13-12-24)15-17-5-1-2-7-19(17)23/h1-9,14H,10-13,15H2/b9-8+. The van der Waals surface area contributed by atoms with E-state index in [1.807, 2.05) is 12.1 Å². The number of halogens is 2. The van der Waals surface area contributed by atoms with Gasteiger partial charge in [-0.1, -0.05) is 41.9 Å². The van der Waals surface area contributed by atoms with Gasteiger partial charge in [0.15, 0.2) is 0 Å². The number of hydrogen-bond acceptors (Lipinski definition) is 2. The Morgan fingerprint density at radius 2 is 1.93 bits per heavy atom. The molecule has 1 aliphatic rings. The van der Waals surface area contributed by atoms with Crippen molar-refractivity contribution >= 4 is 29.5 Å². The number of hydrogen-bond donors (Lipinski definition) is 0. The van der Waals surface area contributed by atoms with Crippen molar-refractivity contribution < 1.29 is 14.0 Å². The highest BCUT2D eigenvalue weighted by molar-refractivity contribution is 6.30. The molecular formula is C21H20ClFN2O2.